The monoisotopic (exact) mass is 386 g/mol. The van der Waals surface area contributed by atoms with Crippen LogP contribution in [0.3, 0.4) is 0 Å². The summed E-state index contributed by atoms with van der Waals surface area (Å²) in [5.74, 6) is 3.80. The Morgan fingerprint density at radius 2 is 1.85 bits per heavy atom. The first-order valence-corrected chi connectivity index (χ1v) is 10.1. The van der Waals surface area contributed by atoms with E-state index in [0.29, 0.717) is 29.5 Å². The van der Waals surface area contributed by atoms with Crippen LogP contribution in [0, 0.1) is 12.3 Å². The standard InChI is InChI=1S/C18H14N2O4S2/c1-2-8-20-14-11-15-16(24-10-9-23-15)12-17(14)25-18(20)19-26(21,22)13-6-4-3-5-7-13/h1,3-7,11-12H,8-10H2. The molecule has 0 bridgehead atoms. The van der Waals surface area contributed by atoms with Crippen LogP contribution in [0.15, 0.2) is 51.8 Å². The molecule has 3 aromatic rings. The van der Waals surface area contributed by atoms with E-state index in [2.05, 4.69) is 10.3 Å². The second-order valence-electron chi connectivity index (χ2n) is 5.52. The minimum Gasteiger partial charge on any atom is -0.486 e. The number of benzene rings is 2. The first-order valence-electron chi connectivity index (χ1n) is 7.81. The highest BCUT2D eigenvalue weighted by Gasteiger charge is 2.18. The molecule has 0 amide bonds. The maximum Gasteiger partial charge on any atom is 0.285 e. The molecule has 8 heteroatoms. The van der Waals surface area contributed by atoms with E-state index in [0.717, 1.165) is 10.2 Å². The molecule has 1 aliphatic rings. The molecule has 1 aromatic heterocycles. The summed E-state index contributed by atoms with van der Waals surface area (Å²) in [5, 5.41) is 0. The number of ether oxygens (including phenoxy) is 2. The van der Waals surface area contributed by atoms with Crippen molar-refractivity contribution in [2.75, 3.05) is 13.2 Å². The van der Waals surface area contributed by atoms with E-state index in [1.54, 1.807) is 22.8 Å². The Morgan fingerprint density at radius 1 is 1.15 bits per heavy atom. The van der Waals surface area contributed by atoms with Gasteiger partial charge < -0.3 is 14.0 Å². The molecule has 0 unspecified atom stereocenters. The lowest BCUT2D eigenvalue weighted by Crippen LogP contribution is -2.17. The fourth-order valence-electron chi connectivity index (χ4n) is 2.67. The Kier molecular flexibility index (Phi) is 4.18. The fraction of sp³-hybridized carbons (Fsp3) is 0.167. The van der Waals surface area contributed by atoms with Crippen LogP contribution in [-0.2, 0) is 16.6 Å². The number of hydrogen-bond donors (Lipinski definition) is 0. The third-order valence-corrected chi connectivity index (χ3v) is 6.27. The number of fused-ring (bicyclic) bond motifs is 2. The third-order valence-electron chi connectivity index (χ3n) is 3.84. The second kappa shape index (κ2) is 6.52. The van der Waals surface area contributed by atoms with Crippen molar-refractivity contribution in [2.24, 2.45) is 4.40 Å². The van der Waals surface area contributed by atoms with Gasteiger partial charge in [0.1, 0.15) is 13.2 Å². The van der Waals surface area contributed by atoms with Gasteiger partial charge in [-0.05, 0) is 12.1 Å². The number of aromatic nitrogens is 1. The van der Waals surface area contributed by atoms with E-state index >= 15 is 0 Å². The molecule has 6 nitrogen and oxygen atoms in total. The van der Waals surface area contributed by atoms with E-state index in [1.165, 1.54) is 23.5 Å². The zero-order valence-corrected chi connectivity index (χ0v) is 15.2. The maximum absolute atomic E-state index is 12.6. The molecule has 2 heterocycles. The summed E-state index contributed by atoms with van der Waals surface area (Å²) in [6, 6.07) is 11.7. The Labute approximate surface area is 154 Å². The molecule has 4 rings (SSSR count). The van der Waals surface area contributed by atoms with Gasteiger partial charge in [0.05, 0.1) is 21.7 Å². The quantitative estimate of drug-likeness (QED) is 0.648. The molecule has 0 saturated heterocycles. The maximum atomic E-state index is 12.6. The highest BCUT2D eigenvalue weighted by Crippen LogP contribution is 2.35. The summed E-state index contributed by atoms with van der Waals surface area (Å²) >= 11 is 1.24. The van der Waals surface area contributed by atoms with Gasteiger partial charge in [-0.15, -0.1) is 10.8 Å². The lowest BCUT2D eigenvalue weighted by atomic mass is 10.2. The van der Waals surface area contributed by atoms with E-state index in [1.807, 2.05) is 12.1 Å². The third kappa shape index (κ3) is 2.96. The van der Waals surface area contributed by atoms with Crippen LogP contribution in [0.2, 0.25) is 0 Å². The summed E-state index contributed by atoms with van der Waals surface area (Å²) < 4.78 is 43.0. The van der Waals surface area contributed by atoms with Crippen molar-refractivity contribution in [3.05, 3.63) is 47.3 Å². The van der Waals surface area contributed by atoms with Crippen LogP contribution < -0.4 is 14.3 Å². The summed E-state index contributed by atoms with van der Waals surface area (Å²) in [6.45, 7) is 1.15. The minimum atomic E-state index is -3.84. The zero-order chi connectivity index (χ0) is 18.1. The topological polar surface area (TPSA) is 69.9 Å². The Hall–Kier alpha value is -2.76. The summed E-state index contributed by atoms with van der Waals surface area (Å²) in [7, 11) is -3.84. The van der Waals surface area contributed by atoms with Crippen molar-refractivity contribution in [1.82, 2.24) is 4.57 Å². The summed E-state index contributed by atoms with van der Waals surface area (Å²) in [4.78, 5) is 0.444. The van der Waals surface area contributed by atoms with Gasteiger partial charge >= 0.3 is 0 Å². The number of hydrogen-bond acceptors (Lipinski definition) is 5. The summed E-state index contributed by atoms with van der Waals surface area (Å²) in [6.07, 6.45) is 5.48. The van der Waals surface area contributed by atoms with E-state index < -0.39 is 10.0 Å². The minimum absolute atomic E-state index is 0.135. The molecular weight excluding hydrogens is 372 g/mol. The molecule has 132 valence electrons. The van der Waals surface area contributed by atoms with E-state index in [-0.39, 0.29) is 11.4 Å². The smallest absolute Gasteiger partial charge is 0.285 e. The molecule has 2 aromatic carbocycles. The average molecular weight is 386 g/mol. The number of terminal acetylenes is 1. The molecule has 0 aliphatic carbocycles. The van der Waals surface area contributed by atoms with E-state index in [4.69, 9.17) is 15.9 Å². The molecular formula is C18H14N2O4S2. The second-order valence-corrected chi connectivity index (χ2v) is 8.13. The molecule has 0 N–H and O–H groups in total. The number of sulfonamides is 1. The van der Waals surface area contributed by atoms with Crippen LogP contribution in [0.25, 0.3) is 10.2 Å². The van der Waals surface area contributed by atoms with Gasteiger partial charge in [0, 0.05) is 12.1 Å². The predicted molar refractivity (Wildman–Crippen MR) is 98.8 cm³/mol. The normalized spacial score (nSPS) is 14.3. The van der Waals surface area contributed by atoms with Crippen molar-refractivity contribution >= 4 is 31.6 Å². The molecule has 0 fully saturated rings. The van der Waals surface area contributed by atoms with Crippen molar-refractivity contribution in [3.63, 3.8) is 0 Å². The van der Waals surface area contributed by atoms with Crippen LogP contribution in [-0.4, -0.2) is 26.2 Å². The lowest BCUT2D eigenvalue weighted by molar-refractivity contribution is 0.172. The first kappa shape index (κ1) is 16.7. The highest BCUT2D eigenvalue weighted by molar-refractivity contribution is 7.90. The van der Waals surface area contributed by atoms with Gasteiger partial charge in [0.15, 0.2) is 11.5 Å². The number of rotatable bonds is 3. The molecule has 26 heavy (non-hydrogen) atoms. The predicted octanol–water partition coefficient (Wildman–Crippen LogP) is 2.40. The SMILES string of the molecule is C#CCn1c(=NS(=O)(=O)c2ccccc2)sc2cc3c(cc21)OCCO3. The molecule has 1 aliphatic heterocycles. The van der Waals surface area contributed by atoms with Crippen molar-refractivity contribution in [3.8, 4) is 23.8 Å². The van der Waals surface area contributed by atoms with Crippen LogP contribution in [0.4, 0.5) is 0 Å². The lowest BCUT2D eigenvalue weighted by Gasteiger charge is -2.18. The van der Waals surface area contributed by atoms with Crippen LogP contribution >= 0.6 is 11.3 Å². The number of thiazole rings is 1. The zero-order valence-electron chi connectivity index (χ0n) is 13.6. The Balaban J connectivity index is 1.95. The van der Waals surface area contributed by atoms with Gasteiger partial charge in [-0.25, -0.2) is 0 Å². The Morgan fingerprint density at radius 3 is 2.54 bits per heavy atom. The van der Waals surface area contributed by atoms with Gasteiger partial charge in [-0.3, -0.25) is 0 Å². The number of nitrogens with zero attached hydrogens (tertiary/aromatic N) is 2. The highest BCUT2D eigenvalue weighted by atomic mass is 32.2. The summed E-state index contributed by atoms with van der Waals surface area (Å²) in [5.41, 5.74) is 0.763. The van der Waals surface area contributed by atoms with Crippen molar-refractivity contribution in [1.29, 1.82) is 0 Å². The van der Waals surface area contributed by atoms with Crippen molar-refractivity contribution in [2.45, 2.75) is 11.4 Å². The Bertz CT molecular complexity index is 1190. The van der Waals surface area contributed by atoms with Gasteiger partial charge in [-0.1, -0.05) is 35.5 Å². The van der Waals surface area contributed by atoms with Crippen LogP contribution in [0.5, 0.6) is 11.5 Å². The van der Waals surface area contributed by atoms with Gasteiger partial charge in [0.2, 0.25) is 4.80 Å². The average Bonchev–Trinajstić information content (AvgIpc) is 2.96. The van der Waals surface area contributed by atoms with Gasteiger partial charge in [-0.2, -0.15) is 8.42 Å². The van der Waals surface area contributed by atoms with Crippen molar-refractivity contribution < 1.29 is 17.9 Å². The molecule has 0 atom stereocenters. The fourth-order valence-corrected chi connectivity index (χ4v) is 4.93. The molecule has 0 spiro atoms. The first-order chi connectivity index (χ1) is 12.6. The van der Waals surface area contributed by atoms with E-state index in [9.17, 15) is 8.42 Å². The van der Waals surface area contributed by atoms with Crippen LogP contribution in [0.1, 0.15) is 0 Å². The van der Waals surface area contributed by atoms with Gasteiger partial charge in [0.25, 0.3) is 10.0 Å². The molecule has 0 saturated carbocycles. The largest absolute Gasteiger partial charge is 0.486 e. The molecule has 0 radical (unpaired) electrons.